The van der Waals surface area contributed by atoms with E-state index in [1.165, 1.54) is 35.5 Å². The molecule has 0 aliphatic carbocycles. The molecule has 1 aromatic carbocycles. The molecule has 0 atom stereocenters. The Bertz CT molecular complexity index is 408. The first-order valence-corrected chi connectivity index (χ1v) is 8.71. The molecule has 0 amide bonds. The van der Waals surface area contributed by atoms with Gasteiger partial charge in [-0.3, -0.25) is 0 Å². The summed E-state index contributed by atoms with van der Waals surface area (Å²) in [5.74, 6) is 2.61. The standard InChI is InChI=1S/C17H27NOS/c1-17(2,3)19-13-15-6-4-5-14(11-15)12-18-16-7-9-20-10-8-16/h4-6,11,16,18H,7-10,12-13H2,1-3H3. The number of thioether (sulfide) groups is 1. The van der Waals surface area contributed by atoms with Crippen molar-refractivity contribution in [2.24, 2.45) is 0 Å². The number of rotatable bonds is 5. The van der Waals surface area contributed by atoms with Crippen LogP contribution in [0.2, 0.25) is 0 Å². The highest BCUT2D eigenvalue weighted by Crippen LogP contribution is 2.18. The van der Waals surface area contributed by atoms with Crippen LogP contribution in [-0.4, -0.2) is 23.1 Å². The molecular weight excluding hydrogens is 266 g/mol. The Labute approximate surface area is 127 Å². The highest BCUT2D eigenvalue weighted by Gasteiger charge is 2.13. The maximum atomic E-state index is 5.84. The summed E-state index contributed by atoms with van der Waals surface area (Å²) in [6.45, 7) is 7.95. The fourth-order valence-electron chi connectivity index (χ4n) is 2.29. The Balaban J connectivity index is 1.82. The average molecular weight is 293 g/mol. The Hall–Kier alpha value is -0.510. The smallest absolute Gasteiger partial charge is 0.0724 e. The first kappa shape index (κ1) is 15.9. The second kappa shape index (κ2) is 7.48. The Kier molecular flexibility index (Phi) is 5.94. The monoisotopic (exact) mass is 293 g/mol. The van der Waals surface area contributed by atoms with Gasteiger partial charge < -0.3 is 10.1 Å². The van der Waals surface area contributed by atoms with E-state index in [0.29, 0.717) is 12.6 Å². The quantitative estimate of drug-likeness (QED) is 0.887. The lowest BCUT2D eigenvalue weighted by Crippen LogP contribution is -2.32. The molecule has 1 heterocycles. The summed E-state index contributed by atoms with van der Waals surface area (Å²) in [6.07, 6.45) is 2.61. The third-order valence-corrected chi connectivity index (χ3v) is 4.53. The van der Waals surface area contributed by atoms with Crippen LogP contribution in [0.4, 0.5) is 0 Å². The summed E-state index contributed by atoms with van der Waals surface area (Å²) in [5, 5.41) is 3.68. The molecule has 1 aliphatic heterocycles. The van der Waals surface area contributed by atoms with Gasteiger partial charge >= 0.3 is 0 Å². The number of hydrogen-bond donors (Lipinski definition) is 1. The van der Waals surface area contributed by atoms with Crippen molar-refractivity contribution in [3.63, 3.8) is 0 Å². The minimum absolute atomic E-state index is 0.0754. The second-order valence-electron chi connectivity index (χ2n) is 6.49. The topological polar surface area (TPSA) is 21.3 Å². The van der Waals surface area contributed by atoms with E-state index >= 15 is 0 Å². The molecule has 0 unspecified atom stereocenters. The summed E-state index contributed by atoms with van der Waals surface area (Å²) >= 11 is 2.08. The SMILES string of the molecule is CC(C)(C)OCc1cccc(CNC2CCSCC2)c1. The molecule has 1 saturated heterocycles. The van der Waals surface area contributed by atoms with Crippen LogP contribution in [-0.2, 0) is 17.9 Å². The van der Waals surface area contributed by atoms with E-state index in [2.05, 4.69) is 62.1 Å². The maximum Gasteiger partial charge on any atom is 0.0724 e. The molecule has 1 fully saturated rings. The molecule has 0 bridgehead atoms. The van der Waals surface area contributed by atoms with Gasteiger partial charge in [0, 0.05) is 12.6 Å². The normalized spacial score (nSPS) is 17.4. The van der Waals surface area contributed by atoms with Crippen molar-refractivity contribution in [1.82, 2.24) is 5.32 Å². The minimum atomic E-state index is -0.0754. The van der Waals surface area contributed by atoms with Crippen LogP contribution < -0.4 is 5.32 Å². The van der Waals surface area contributed by atoms with Crippen molar-refractivity contribution in [2.45, 2.75) is 58.4 Å². The van der Waals surface area contributed by atoms with Gasteiger partial charge in [-0.2, -0.15) is 11.8 Å². The Morgan fingerprint density at radius 3 is 2.60 bits per heavy atom. The van der Waals surface area contributed by atoms with Gasteiger partial charge in [0.1, 0.15) is 0 Å². The fraction of sp³-hybridized carbons (Fsp3) is 0.647. The van der Waals surface area contributed by atoms with Gasteiger partial charge in [-0.25, -0.2) is 0 Å². The van der Waals surface area contributed by atoms with Gasteiger partial charge in [0.15, 0.2) is 0 Å². The molecule has 1 N–H and O–H groups in total. The zero-order valence-electron chi connectivity index (χ0n) is 12.9. The summed E-state index contributed by atoms with van der Waals surface area (Å²) < 4.78 is 5.84. The van der Waals surface area contributed by atoms with Crippen molar-refractivity contribution >= 4 is 11.8 Å². The second-order valence-corrected chi connectivity index (χ2v) is 7.71. The largest absolute Gasteiger partial charge is 0.371 e. The van der Waals surface area contributed by atoms with E-state index in [9.17, 15) is 0 Å². The van der Waals surface area contributed by atoms with Gasteiger partial charge in [0.2, 0.25) is 0 Å². The van der Waals surface area contributed by atoms with Crippen LogP contribution in [0.1, 0.15) is 44.7 Å². The van der Waals surface area contributed by atoms with Crippen LogP contribution in [0.5, 0.6) is 0 Å². The first-order valence-electron chi connectivity index (χ1n) is 7.56. The molecule has 0 aromatic heterocycles. The van der Waals surface area contributed by atoms with Gasteiger partial charge in [-0.15, -0.1) is 0 Å². The van der Waals surface area contributed by atoms with E-state index in [-0.39, 0.29) is 5.60 Å². The minimum Gasteiger partial charge on any atom is -0.371 e. The summed E-state index contributed by atoms with van der Waals surface area (Å²) in [6, 6.07) is 9.44. The predicted octanol–water partition coefficient (Wildman–Crippen LogP) is 3.99. The maximum absolute atomic E-state index is 5.84. The third-order valence-electron chi connectivity index (χ3n) is 3.48. The van der Waals surface area contributed by atoms with Gasteiger partial charge in [-0.05, 0) is 56.2 Å². The molecule has 2 nitrogen and oxygen atoms in total. The molecular formula is C17H27NOS. The molecule has 0 radical (unpaired) electrons. The number of nitrogens with one attached hydrogen (secondary N) is 1. The molecule has 1 aromatic rings. The van der Waals surface area contributed by atoms with Crippen LogP contribution in [0, 0.1) is 0 Å². The zero-order valence-corrected chi connectivity index (χ0v) is 13.8. The summed E-state index contributed by atoms with van der Waals surface area (Å²) in [7, 11) is 0. The summed E-state index contributed by atoms with van der Waals surface area (Å²) in [5.41, 5.74) is 2.55. The lowest BCUT2D eigenvalue weighted by Gasteiger charge is -2.23. The van der Waals surface area contributed by atoms with Crippen molar-refractivity contribution in [3.05, 3.63) is 35.4 Å². The molecule has 0 saturated carbocycles. The lowest BCUT2D eigenvalue weighted by molar-refractivity contribution is -0.0149. The highest BCUT2D eigenvalue weighted by atomic mass is 32.2. The molecule has 2 rings (SSSR count). The van der Waals surface area contributed by atoms with Crippen LogP contribution in [0.15, 0.2) is 24.3 Å². The highest BCUT2D eigenvalue weighted by molar-refractivity contribution is 7.99. The Morgan fingerprint density at radius 2 is 1.90 bits per heavy atom. The van der Waals surface area contributed by atoms with E-state index in [1.807, 2.05) is 0 Å². The molecule has 20 heavy (non-hydrogen) atoms. The Morgan fingerprint density at radius 1 is 1.20 bits per heavy atom. The van der Waals surface area contributed by atoms with Crippen LogP contribution in [0.3, 0.4) is 0 Å². The van der Waals surface area contributed by atoms with E-state index in [1.54, 1.807) is 0 Å². The van der Waals surface area contributed by atoms with Gasteiger partial charge in [0.25, 0.3) is 0 Å². The molecule has 3 heteroatoms. The lowest BCUT2D eigenvalue weighted by atomic mass is 10.1. The van der Waals surface area contributed by atoms with E-state index < -0.39 is 0 Å². The van der Waals surface area contributed by atoms with Crippen LogP contribution >= 0.6 is 11.8 Å². The van der Waals surface area contributed by atoms with Gasteiger partial charge in [0.05, 0.1) is 12.2 Å². The third kappa shape index (κ3) is 5.86. The van der Waals surface area contributed by atoms with Crippen molar-refractivity contribution in [1.29, 1.82) is 0 Å². The number of hydrogen-bond acceptors (Lipinski definition) is 3. The van der Waals surface area contributed by atoms with Crippen molar-refractivity contribution in [2.75, 3.05) is 11.5 Å². The predicted molar refractivity (Wildman–Crippen MR) is 88.2 cm³/mol. The van der Waals surface area contributed by atoms with Crippen LogP contribution in [0.25, 0.3) is 0 Å². The van der Waals surface area contributed by atoms with Crippen molar-refractivity contribution < 1.29 is 4.74 Å². The van der Waals surface area contributed by atoms with Crippen molar-refractivity contribution in [3.8, 4) is 0 Å². The summed E-state index contributed by atoms with van der Waals surface area (Å²) in [4.78, 5) is 0. The fourth-order valence-corrected chi connectivity index (χ4v) is 3.40. The first-order chi connectivity index (χ1) is 9.53. The molecule has 1 aliphatic rings. The number of ether oxygens (including phenoxy) is 1. The average Bonchev–Trinajstić information content (AvgIpc) is 2.44. The molecule has 112 valence electrons. The van der Waals surface area contributed by atoms with E-state index in [4.69, 9.17) is 4.74 Å². The number of benzene rings is 1. The van der Waals surface area contributed by atoms with Gasteiger partial charge in [-0.1, -0.05) is 24.3 Å². The zero-order chi connectivity index (χ0) is 14.4. The molecule has 0 spiro atoms. The van der Waals surface area contributed by atoms with E-state index in [0.717, 1.165) is 6.54 Å².